The van der Waals surface area contributed by atoms with Gasteiger partial charge >= 0.3 is 0 Å². The fourth-order valence-electron chi connectivity index (χ4n) is 1.53. The Bertz CT molecular complexity index is 506. The van der Waals surface area contributed by atoms with E-state index in [2.05, 4.69) is 52.7 Å². The highest BCUT2D eigenvalue weighted by Gasteiger charge is 2.09. The number of nitrogens with zero attached hydrogens (tertiary/aromatic N) is 2. The van der Waals surface area contributed by atoms with Crippen molar-refractivity contribution < 1.29 is 0 Å². The Morgan fingerprint density at radius 1 is 1.20 bits per heavy atom. The quantitative estimate of drug-likeness (QED) is 0.732. The summed E-state index contributed by atoms with van der Waals surface area (Å²) in [4.78, 5) is 9.04. The van der Waals surface area contributed by atoms with E-state index in [1.807, 2.05) is 12.1 Å². The molecule has 2 aromatic rings. The van der Waals surface area contributed by atoms with Crippen LogP contribution in [0.2, 0.25) is 0 Å². The SMILES string of the molecule is Cc1cccc2c(Br)nc(C(C)C)nc12. The van der Waals surface area contributed by atoms with E-state index in [-0.39, 0.29) is 0 Å². The van der Waals surface area contributed by atoms with Gasteiger partial charge in [0.2, 0.25) is 0 Å². The molecule has 2 nitrogen and oxygen atoms in total. The zero-order valence-corrected chi connectivity index (χ0v) is 10.7. The van der Waals surface area contributed by atoms with Gasteiger partial charge in [-0.1, -0.05) is 32.0 Å². The van der Waals surface area contributed by atoms with Gasteiger partial charge in [0.1, 0.15) is 10.4 Å². The molecule has 0 aliphatic heterocycles. The third-order valence-electron chi connectivity index (χ3n) is 2.42. The topological polar surface area (TPSA) is 25.8 Å². The Balaban J connectivity index is 2.80. The molecule has 0 fully saturated rings. The summed E-state index contributed by atoms with van der Waals surface area (Å²) in [6, 6.07) is 6.14. The van der Waals surface area contributed by atoms with E-state index in [0.29, 0.717) is 5.92 Å². The zero-order valence-electron chi connectivity index (χ0n) is 9.08. The molecule has 1 aromatic heterocycles. The number of benzene rings is 1. The Labute approximate surface area is 97.9 Å². The van der Waals surface area contributed by atoms with Crippen molar-refractivity contribution in [2.45, 2.75) is 26.7 Å². The van der Waals surface area contributed by atoms with Gasteiger partial charge in [-0.25, -0.2) is 9.97 Å². The number of aromatic nitrogens is 2. The summed E-state index contributed by atoms with van der Waals surface area (Å²) in [7, 11) is 0. The molecule has 0 saturated carbocycles. The number of halogens is 1. The van der Waals surface area contributed by atoms with Crippen LogP contribution in [0.3, 0.4) is 0 Å². The standard InChI is InChI=1S/C12H13BrN2/c1-7(2)12-14-10-8(3)5-4-6-9(10)11(13)15-12/h4-7H,1-3H3. The third kappa shape index (κ3) is 1.88. The lowest BCUT2D eigenvalue weighted by Crippen LogP contribution is -1.99. The van der Waals surface area contributed by atoms with E-state index in [1.165, 1.54) is 5.56 Å². The second-order valence-electron chi connectivity index (χ2n) is 4.00. The fourth-order valence-corrected chi connectivity index (χ4v) is 2.03. The Kier molecular flexibility index (Phi) is 2.74. The maximum atomic E-state index is 4.59. The molecule has 0 bridgehead atoms. The van der Waals surface area contributed by atoms with Crippen LogP contribution in [0, 0.1) is 6.92 Å². The lowest BCUT2D eigenvalue weighted by Gasteiger charge is -2.08. The average molecular weight is 265 g/mol. The van der Waals surface area contributed by atoms with Crippen LogP contribution in [0.25, 0.3) is 10.9 Å². The first-order valence-corrected chi connectivity index (χ1v) is 5.81. The number of rotatable bonds is 1. The van der Waals surface area contributed by atoms with Crippen molar-refractivity contribution in [2.75, 3.05) is 0 Å². The third-order valence-corrected chi connectivity index (χ3v) is 3.02. The first-order chi connectivity index (χ1) is 7.09. The zero-order chi connectivity index (χ0) is 11.0. The van der Waals surface area contributed by atoms with E-state index in [9.17, 15) is 0 Å². The Hall–Kier alpha value is -0.960. The maximum Gasteiger partial charge on any atom is 0.132 e. The van der Waals surface area contributed by atoms with Crippen LogP contribution in [0.4, 0.5) is 0 Å². The lowest BCUT2D eigenvalue weighted by molar-refractivity contribution is 0.778. The summed E-state index contributed by atoms with van der Waals surface area (Å²) in [5.41, 5.74) is 2.24. The number of hydrogen-bond donors (Lipinski definition) is 0. The van der Waals surface area contributed by atoms with Crippen molar-refractivity contribution in [1.29, 1.82) is 0 Å². The molecule has 15 heavy (non-hydrogen) atoms. The predicted molar refractivity (Wildman–Crippen MR) is 66.1 cm³/mol. The van der Waals surface area contributed by atoms with E-state index in [1.54, 1.807) is 0 Å². The van der Waals surface area contributed by atoms with Gasteiger partial charge < -0.3 is 0 Å². The van der Waals surface area contributed by atoms with Gasteiger partial charge in [-0.2, -0.15) is 0 Å². The van der Waals surface area contributed by atoms with E-state index in [4.69, 9.17) is 0 Å². The van der Waals surface area contributed by atoms with Gasteiger partial charge in [-0.05, 0) is 28.4 Å². The molecule has 0 aliphatic rings. The molecule has 0 spiro atoms. The molecule has 0 N–H and O–H groups in total. The van der Waals surface area contributed by atoms with E-state index >= 15 is 0 Å². The number of para-hydroxylation sites is 1. The second-order valence-corrected chi connectivity index (χ2v) is 4.75. The van der Waals surface area contributed by atoms with Crippen LogP contribution in [0.15, 0.2) is 22.8 Å². The van der Waals surface area contributed by atoms with Gasteiger partial charge in [0.15, 0.2) is 0 Å². The molecule has 78 valence electrons. The molecular formula is C12H13BrN2. The summed E-state index contributed by atoms with van der Waals surface area (Å²) in [6.07, 6.45) is 0. The minimum absolute atomic E-state index is 0.352. The highest BCUT2D eigenvalue weighted by molar-refractivity contribution is 9.10. The first kappa shape index (κ1) is 10.6. The largest absolute Gasteiger partial charge is 0.232 e. The van der Waals surface area contributed by atoms with Crippen LogP contribution >= 0.6 is 15.9 Å². The average Bonchev–Trinajstić information content (AvgIpc) is 2.19. The van der Waals surface area contributed by atoms with Crippen LogP contribution in [-0.4, -0.2) is 9.97 Å². The van der Waals surface area contributed by atoms with E-state index < -0.39 is 0 Å². The highest BCUT2D eigenvalue weighted by atomic mass is 79.9. The lowest BCUT2D eigenvalue weighted by atomic mass is 10.1. The van der Waals surface area contributed by atoms with E-state index in [0.717, 1.165) is 21.3 Å². The summed E-state index contributed by atoms with van der Waals surface area (Å²) in [6.45, 7) is 6.28. The smallest absolute Gasteiger partial charge is 0.132 e. The van der Waals surface area contributed by atoms with Gasteiger partial charge in [0, 0.05) is 11.3 Å². The maximum absolute atomic E-state index is 4.59. The minimum Gasteiger partial charge on any atom is -0.232 e. The van der Waals surface area contributed by atoms with Crippen molar-refractivity contribution in [1.82, 2.24) is 9.97 Å². The van der Waals surface area contributed by atoms with Gasteiger partial charge in [0.25, 0.3) is 0 Å². The molecule has 0 aliphatic carbocycles. The molecule has 0 atom stereocenters. The Morgan fingerprint density at radius 2 is 1.93 bits per heavy atom. The molecule has 0 amide bonds. The van der Waals surface area contributed by atoms with Crippen molar-refractivity contribution in [2.24, 2.45) is 0 Å². The van der Waals surface area contributed by atoms with Crippen LogP contribution in [0.5, 0.6) is 0 Å². The Morgan fingerprint density at radius 3 is 2.60 bits per heavy atom. The fraction of sp³-hybridized carbons (Fsp3) is 0.333. The van der Waals surface area contributed by atoms with Gasteiger partial charge in [0.05, 0.1) is 5.52 Å². The highest BCUT2D eigenvalue weighted by Crippen LogP contribution is 2.25. The molecule has 0 unspecified atom stereocenters. The van der Waals surface area contributed by atoms with Gasteiger partial charge in [-0.15, -0.1) is 0 Å². The summed E-state index contributed by atoms with van der Waals surface area (Å²) >= 11 is 3.50. The molecule has 3 heteroatoms. The molecule has 0 radical (unpaired) electrons. The molecule has 1 heterocycles. The molecule has 0 saturated heterocycles. The van der Waals surface area contributed by atoms with Crippen molar-refractivity contribution in [3.63, 3.8) is 0 Å². The normalized spacial score (nSPS) is 11.3. The van der Waals surface area contributed by atoms with Crippen LogP contribution in [0.1, 0.15) is 31.2 Å². The summed E-state index contributed by atoms with van der Waals surface area (Å²) in [5, 5.41) is 1.08. The number of hydrogen-bond acceptors (Lipinski definition) is 2. The first-order valence-electron chi connectivity index (χ1n) is 5.02. The van der Waals surface area contributed by atoms with Crippen molar-refractivity contribution in [3.8, 4) is 0 Å². The van der Waals surface area contributed by atoms with Crippen molar-refractivity contribution in [3.05, 3.63) is 34.2 Å². The second kappa shape index (κ2) is 3.89. The molecular weight excluding hydrogens is 252 g/mol. The summed E-state index contributed by atoms with van der Waals surface area (Å²) in [5.74, 6) is 1.24. The van der Waals surface area contributed by atoms with Crippen LogP contribution in [-0.2, 0) is 0 Å². The minimum atomic E-state index is 0.352. The van der Waals surface area contributed by atoms with Gasteiger partial charge in [-0.3, -0.25) is 0 Å². The summed E-state index contributed by atoms with van der Waals surface area (Å²) < 4.78 is 0.889. The molecule has 1 aromatic carbocycles. The molecule has 2 rings (SSSR count). The van der Waals surface area contributed by atoms with Crippen molar-refractivity contribution >= 4 is 26.8 Å². The number of aryl methyl sites for hydroxylation is 1. The van der Waals surface area contributed by atoms with Crippen LogP contribution < -0.4 is 0 Å². The number of fused-ring (bicyclic) bond motifs is 1. The monoisotopic (exact) mass is 264 g/mol. The predicted octanol–water partition coefficient (Wildman–Crippen LogP) is 3.82.